The van der Waals surface area contributed by atoms with Gasteiger partial charge in [-0.25, -0.2) is 4.79 Å². The normalized spacial score (nSPS) is 11.6. The van der Waals surface area contributed by atoms with Crippen LogP contribution in [0.4, 0.5) is 13.2 Å². The molecule has 0 radical (unpaired) electrons. The number of nitrogens with zero attached hydrogens (tertiary/aromatic N) is 1. The zero-order valence-corrected chi connectivity index (χ0v) is 11.5. The second-order valence-electron chi connectivity index (χ2n) is 3.67. The Bertz CT molecular complexity index is 586. The van der Waals surface area contributed by atoms with Gasteiger partial charge in [-0.2, -0.15) is 18.4 Å². The van der Waals surface area contributed by atoms with Gasteiger partial charge in [-0.15, -0.1) is 0 Å². The Morgan fingerprint density at radius 3 is 2.48 bits per heavy atom. The molecule has 0 atom stereocenters. The maximum atomic E-state index is 12.2. The summed E-state index contributed by atoms with van der Waals surface area (Å²) in [7, 11) is 0. The highest BCUT2D eigenvalue weighted by Gasteiger charge is 2.28. The van der Waals surface area contributed by atoms with Crippen molar-refractivity contribution in [1.29, 1.82) is 5.26 Å². The summed E-state index contributed by atoms with van der Waals surface area (Å²) in [5, 5.41) is 8.87. The maximum absolute atomic E-state index is 12.2. The van der Waals surface area contributed by atoms with Gasteiger partial charge in [0.1, 0.15) is 18.2 Å². The SMILES string of the molecule is C=CCOC(=O)C(C#N)=Cc1ccc(SC(F)(F)F)cc1. The monoisotopic (exact) mass is 313 g/mol. The van der Waals surface area contributed by atoms with Gasteiger partial charge in [0.05, 0.1) is 0 Å². The van der Waals surface area contributed by atoms with Crippen LogP contribution in [0.15, 0.2) is 47.4 Å². The van der Waals surface area contributed by atoms with Gasteiger partial charge in [-0.1, -0.05) is 24.8 Å². The molecule has 0 unspecified atom stereocenters. The lowest BCUT2D eigenvalue weighted by Gasteiger charge is -2.05. The number of halogens is 3. The molecule has 0 fully saturated rings. The number of alkyl halides is 3. The first-order valence-corrected chi connectivity index (χ1v) is 6.43. The number of hydrogen-bond acceptors (Lipinski definition) is 4. The Hall–Kier alpha value is -2.20. The molecule has 110 valence electrons. The van der Waals surface area contributed by atoms with Crippen molar-refractivity contribution < 1.29 is 22.7 Å². The van der Waals surface area contributed by atoms with Crippen LogP contribution in [0.25, 0.3) is 6.08 Å². The van der Waals surface area contributed by atoms with E-state index in [1.807, 2.05) is 0 Å². The quantitative estimate of drug-likeness (QED) is 0.272. The van der Waals surface area contributed by atoms with Crippen molar-refractivity contribution >= 4 is 23.8 Å². The van der Waals surface area contributed by atoms with Crippen LogP contribution >= 0.6 is 11.8 Å². The molecular weight excluding hydrogens is 303 g/mol. The summed E-state index contributed by atoms with van der Waals surface area (Å²) in [6.07, 6.45) is 2.60. The largest absolute Gasteiger partial charge is 0.457 e. The molecule has 0 saturated carbocycles. The van der Waals surface area contributed by atoms with Gasteiger partial charge in [0.2, 0.25) is 0 Å². The molecule has 1 aromatic carbocycles. The van der Waals surface area contributed by atoms with Crippen LogP contribution in [0.5, 0.6) is 0 Å². The van der Waals surface area contributed by atoms with Gasteiger partial charge in [-0.3, -0.25) is 0 Å². The third kappa shape index (κ3) is 6.19. The number of nitriles is 1. The van der Waals surface area contributed by atoms with Gasteiger partial charge in [0.15, 0.2) is 0 Å². The molecule has 0 heterocycles. The third-order valence-corrected chi connectivity index (χ3v) is 2.84. The third-order valence-electron chi connectivity index (χ3n) is 2.10. The summed E-state index contributed by atoms with van der Waals surface area (Å²) in [6.45, 7) is 3.34. The van der Waals surface area contributed by atoms with E-state index in [1.165, 1.54) is 36.4 Å². The molecule has 1 rings (SSSR count). The average Bonchev–Trinajstić information content (AvgIpc) is 2.42. The molecule has 0 aliphatic heterocycles. The highest BCUT2D eigenvalue weighted by Crippen LogP contribution is 2.36. The van der Waals surface area contributed by atoms with Gasteiger partial charge in [-0.05, 0) is 35.5 Å². The fourth-order valence-corrected chi connectivity index (χ4v) is 1.82. The minimum absolute atomic E-state index is 0.0207. The molecule has 21 heavy (non-hydrogen) atoms. The second-order valence-corrected chi connectivity index (χ2v) is 4.81. The van der Waals surface area contributed by atoms with E-state index in [2.05, 4.69) is 6.58 Å². The van der Waals surface area contributed by atoms with Crippen LogP contribution in [-0.4, -0.2) is 18.1 Å². The highest BCUT2D eigenvalue weighted by atomic mass is 32.2. The van der Waals surface area contributed by atoms with Crippen molar-refractivity contribution in [2.75, 3.05) is 6.61 Å². The van der Waals surface area contributed by atoms with Gasteiger partial charge >= 0.3 is 11.5 Å². The van der Waals surface area contributed by atoms with Crippen molar-refractivity contribution in [1.82, 2.24) is 0 Å². The van der Waals surface area contributed by atoms with Crippen LogP contribution in [-0.2, 0) is 9.53 Å². The molecule has 7 heteroatoms. The van der Waals surface area contributed by atoms with Crippen LogP contribution in [0, 0.1) is 11.3 Å². The van der Waals surface area contributed by atoms with Gasteiger partial charge in [0, 0.05) is 4.90 Å². The lowest BCUT2D eigenvalue weighted by Crippen LogP contribution is -2.06. The maximum Gasteiger partial charge on any atom is 0.446 e. The molecule has 3 nitrogen and oxygen atoms in total. The van der Waals surface area contributed by atoms with Crippen molar-refractivity contribution in [3.63, 3.8) is 0 Å². The summed E-state index contributed by atoms with van der Waals surface area (Å²) >= 11 is -0.237. The van der Waals surface area contributed by atoms with Gasteiger partial charge in [0.25, 0.3) is 0 Å². The fraction of sp³-hybridized carbons (Fsp3) is 0.143. The van der Waals surface area contributed by atoms with Crippen molar-refractivity contribution in [2.45, 2.75) is 10.4 Å². The zero-order valence-electron chi connectivity index (χ0n) is 10.7. The number of carbonyl (C=O) groups excluding carboxylic acids is 1. The molecule has 0 aromatic heterocycles. The lowest BCUT2D eigenvalue weighted by molar-refractivity contribution is -0.137. The Balaban J connectivity index is 2.85. The molecule has 0 N–H and O–H groups in total. The molecule has 0 saturated heterocycles. The Labute approximate surface area is 123 Å². The first-order valence-electron chi connectivity index (χ1n) is 5.61. The molecule has 0 amide bonds. The standard InChI is InChI=1S/C14H10F3NO2S/c1-2-7-20-13(19)11(9-18)8-10-3-5-12(6-4-10)21-14(15,16)17/h2-6,8H,1,7H2. The van der Waals surface area contributed by atoms with E-state index in [0.29, 0.717) is 5.56 Å². The van der Waals surface area contributed by atoms with E-state index >= 15 is 0 Å². The van der Waals surface area contributed by atoms with E-state index < -0.39 is 11.5 Å². The van der Waals surface area contributed by atoms with E-state index in [-0.39, 0.29) is 28.8 Å². The first-order chi connectivity index (χ1) is 9.85. The zero-order chi connectivity index (χ0) is 15.9. The minimum Gasteiger partial charge on any atom is -0.457 e. The molecule has 0 bridgehead atoms. The average molecular weight is 313 g/mol. The Morgan fingerprint density at radius 2 is 2.00 bits per heavy atom. The molecular formula is C14H10F3NO2S. The van der Waals surface area contributed by atoms with Crippen LogP contribution < -0.4 is 0 Å². The summed E-state index contributed by atoms with van der Waals surface area (Å²) in [5.74, 6) is -0.814. The summed E-state index contributed by atoms with van der Waals surface area (Å²) in [6, 6.07) is 6.96. The van der Waals surface area contributed by atoms with Crippen LogP contribution in [0.3, 0.4) is 0 Å². The van der Waals surface area contributed by atoms with Crippen LogP contribution in [0.2, 0.25) is 0 Å². The number of ether oxygens (including phenoxy) is 1. The Morgan fingerprint density at radius 1 is 1.38 bits per heavy atom. The summed E-state index contributed by atoms with van der Waals surface area (Å²) < 4.78 is 41.2. The second kappa shape index (κ2) is 7.55. The molecule has 0 aliphatic carbocycles. The van der Waals surface area contributed by atoms with Crippen LogP contribution in [0.1, 0.15) is 5.56 Å². The predicted molar refractivity (Wildman–Crippen MR) is 73.1 cm³/mol. The van der Waals surface area contributed by atoms with Gasteiger partial charge < -0.3 is 4.74 Å². The Kier molecular flexibility index (Phi) is 6.06. The summed E-state index contributed by atoms with van der Waals surface area (Å²) in [4.78, 5) is 11.5. The molecule has 1 aromatic rings. The fourth-order valence-electron chi connectivity index (χ4n) is 1.28. The number of rotatable bonds is 5. The minimum atomic E-state index is -4.36. The first kappa shape index (κ1) is 16.9. The van der Waals surface area contributed by atoms with Crippen molar-refractivity contribution in [3.8, 4) is 6.07 Å². The topological polar surface area (TPSA) is 50.1 Å². The van der Waals surface area contributed by atoms with E-state index in [1.54, 1.807) is 6.07 Å². The molecule has 0 aliphatic rings. The predicted octanol–water partition coefficient (Wildman–Crippen LogP) is 3.93. The highest BCUT2D eigenvalue weighted by molar-refractivity contribution is 8.00. The number of hydrogen-bond donors (Lipinski definition) is 0. The number of thioether (sulfide) groups is 1. The summed E-state index contributed by atoms with van der Waals surface area (Å²) in [5.41, 5.74) is -4.18. The van der Waals surface area contributed by atoms with Crippen molar-refractivity contribution in [3.05, 3.63) is 48.1 Å². The lowest BCUT2D eigenvalue weighted by atomic mass is 10.1. The van der Waals surface area contributed by atoms with E-state index in [0.717, 1.165) is 0 Å². The smallest absolute Gasteiger partial charge is 0.446 e. The molecule has 0 spiro atoms. The number of benzene rings is 1. The number of carbonyl (C=O) groups is 1. The van der Waals surface area contributed by atoms with E-state index in [4.69, 9.17) is 10.00 Å². The van der Waals surface area contributed by atoms with E-state index in [9.17, 15) is 18.0 Å². The van der Waals surface area contributed by atoms with Crippen molar-refractivity contribution in [2.24, 2.45) is 0 Å². The number of esters is 1.